The maximum atomic E-state index is 9.37. The van der Waals surface area contributed by atoms with Gasteiger partial charge in [0.05, 0.1) is 0 Å². The summed E-state index contributed by atoms with van der Waals surface area (Å²) in [6.45, 7) is 0. The van der Waals surface area contributed by atoms with E-state index in [9.17, 15) is 21.0 Å². The van der Waals surface area contributed by atoms with E-state index in [0.29, 0.717) is 0 Å². The smallest absolute Gasteiger partial charge is 0.131 e. The molecule has 0 saturated heterocycles. The van der Waals surface area contributed by atoms with Gasteiger partial charge < -0.3 is 0 Å². The molecule has 2 heterocycles. The predicted octanol–water partition coefficient (Wildman–Crippen LogP) is 9.13. The van der Waals surface area contributed by atoms with Crippen LogP contribution < -0.4 is 0 Å². The molecule has 2 spiro atoms. The third-order valence-corrected chi connectivity index (χ3v) is 11.9. The number of benzene rings is 1. The fraction of sp³-hybridized carbons (Fsp3) is 0.353. The Labute approximate surface area is 242 Å². The summed E-state index contributed by atoms with van der Waals surface area (Å²) in [4.78, 5) is 4.62. The van der Waals surface area contributed by atoms with Crippen LogP contribution in [0, 0.1) is 45.3 Å². The molecular weight excluding hydrogens is 529 g/mol. The van der Waals surface area contributed by atoms with E-state index in [-0.39, 0.29) is 22.0 Å². The third kappa shape index (κ3) is 3.44. The van der Waals surface area contributed by atoms with E-state index in [2.05, 4.69) is 24.3 Å². The van der Waals surface area contributed by atoms with E-state index in [4.69, 9.17) is 0 Å². The monoisotopic (exact) mass is 554 g/mol. The average molecular weight is 555 g/mol. The first kappa shape index (κ1) is 25.1. The van der Waals surface area contributed by atoms with Crippen molar-refractivity contribution in [2.45, 2.75) is 75.0 Å². The highest BCUT2D eigenvalue weighted by Gasteiger charge is 2.50. The number of nitriles is 4. The number of fused-ring (bicyclic) bond motifs is 10. The Bertz CT molecular complexity index is 1640. The van der Waals surface area contributed by atoms with Crippen molar-refractivity contribution < 1.29 is 0 Å². The minimum Gasteiger partial charge on any atom is -0.192 e. The fourth-order valence-corrected chi connectivity index (χ4v) is 10.4. The van der Waals surface area contributed by atoms with Crippen LogP contribution in [0.1, 0.15) is 96.2 Å². The molecule has 0 N–H and O–H groups in total. The highest BCUT2D eigenvalue weighted by atomic mass is 32.1. The maximum Gasteiger partial charge on any atom is 0.131 e. The number of allylic oxidation sites excluding steroid dienone is 2. The van der Waals surface area contributed by atoms with Crippen molar-refractivity contribution in [1.82, 2.24) is 0 Å². The van der Waals surface area contributed by atoms with Gasteiger partial charge in [-0.25, -0.2) is 0 Å². The second kappa shape index (κ2) is 9.32. The molecule has 6 heteroatoms. The van der Waals surface area contributed by atoms with Crippen molar-refractivity contribution >= 4 is 34.8 Å². The summed E-state index contributed by atoms with van der Waals surface area (Å²) in [6.07, 6.45) is 15.3. The van der Waals surface area contributed by atoms with E-state index >= 15 is 0 Å². The number of hydrogen-bond donors (Lipinski definition) is 0. The lowest BCUT2D eigenvalue weighted by molar-refractivity contribution is 0.350. The topological polar surface area (TPSA) is 95.2 Å². The Morgan fingerprint density at radius 3 is 1.27 bits per heavy atom. The molecule has 0 radical (unpaired) electrons. The summed E-state index contributed by atoms with van der Waals surface area (Å²) in [5.41, 5.74) is 8.64. The third-order valence-electron chi connectivity index (χ3n) is 9.68. The molecule has 0 bridgehead atoms. The first-order valence-electron chi connectivity index (χ1n) is 14.1. The maximum absolute atomic E-state index is 9.37. The van der Waals surface area contributed by atoms with Gasteiger partial charge in [-0.2, -0.15) is 21.0 Å². The van der Waals surface area contributed by atoms with Crippen molar-refractivity contribution in [3.63, 3.8) is 0 Å². The summed E-state index contributed by atoms with van der Waals surface area (Å²) >= 11 is 3.45. The molecule has 0 atom stereocenters. The van der Waals surface area contributed by atoms with E-state index in [0.717, 1.165) is 35.4 Å². The molecule has 0 unspecified atom stereocenters. The second-order valence-electron chi connectivity index (χ2n) is 11.6. The molecule has 1 aromatic carbocycles. The largest absolute Gasteiger partial charge is 0.192 e. The normalized spacial score (nSPS) is 18.3. The summed E-state index contributed by atoms with van der Waals surface area (Å²) in [6, 6.07) is 17.6. The van der Waals surface area contributed by atoms with Gasteiger partial charge in [0.15, 0.2) is 0 Å². The lowest BCUT2D eigenvalue weighted by Crippen LogP contribution is -2.29. The van der Waals surface area contributed by atoms with Gasteiger partial charge in [0, 0.05) is 30.3 Å². The number of rotatable bonds is 2. The number of nitrogens with zero attached hydrogens (tertiary/aromatic N) is 4. The Morgan fingerprint density at radius 1 is 0.550 bits per heavy atom. The highest BCUT2D eigenvalue weighted by Crippen LogP contribution is 2.64. The van der Waals surface area contributed by atoms with Gasteiger partial charge in [-0.1, -0.05) is 38.5 Å². The molecule has 4 aliphatic carbocycles. The summed E-state index contributed by atoms with van der Waals surface area (Å²) in [5.74, 6) is 0. The zero-order chi connectivity index (χ0) is 27.5. The van der Waals surface area contributed by atoms with Gasteiger partial charge in [0.2, 0.25) is 0 Å². The van der Waals surface area contributed by atoms with Crippen molar-refractivity contribution in [3.05, 3.63) is 67.4 Å². The molecule has 40 heavy (non-hydrogen) atoms. The van der Waals surface area contributed by atoms with Gasteiger partial charge in [0.25, 0.3) is 0 Å². The van der Waals surface area contributed by atoms with Crippen LogP contribution in [0.25, 0.3) is 33.0 Å². The molecule has 0 amide bonds. The Balaban J connectivity index is 1.46. The second-order valence-corrected chi connectivity index (χ2v) is 13.7. The van der Waals surface area contributed by atoms with Crippen molar-refractivity contribution in [1.29, 1.82) is 21.0 Å². The van der Waals surface area contributed by atoms with Crippen LogP contribution in [0.15, 0.2) is 35.4 Å². The molecular formula is C34H26N4S2. The van der Waals surface area contributed by atoms with Gasteiger partial charge >= 0.3 is 0 Å². The molecule has 2 fully saturated rings. The Hall–Kier alpha value is -3.94. The summed E-state index contributed by atoms with van der Waals surface area (Å²) < 4.78 is 0. The first-order chi connectivity index (χ1) is 19.6. The van der Waals surface area contributed by atoms with Crippen LogP contribution in [0.4, 0.5) is 0 Å². The molecule has 2 aromatic heterocycles. The molecule has 0 aliphatic heterocycles. The van der Waals surface area contributed by atoms with Crippen LogP contribution >= 0.6 is 22.7 Å². The van der Waals surface area contributed by atoms with Crippen LogP contribution in [0.3, 0.4) is 0 Å². The highest BCUT2D eigenvalue weighted by molar-refractivity contribution is 7.17. The van der Waals surface area contributed by atoms with Crippen molar-refractivity contribution in [3.8, 4) is 45.2 Å². The van der Waals surface area contributed by atoms with Gasteiger partial charge in [-0.3, -0.25) is 0 Å². The van der Waals surface area contributed by atoms with E-state index in [1.807, 2.05) is 24.3 Å². The molecule has 3 aromatic rings. The SMILES string of the molecule is N#CC(C#N)=Cc1cc2c(s1)-c1cc3c(cc1C21CCCCC1)-c1sc(C=C(C#N)C#N)cc1C31CCCCC1. The lowest BCUT2D eigenvalue weighted by Gasteiger charge is -2.37. The zero-order valence-electron chi connectivity index (χ0n) is 22.1. The van der Waals surface area contributed by atoms with E-state index in [1.165, 1.54) is 81.7 Å². The van der Waals surface area contributed by atoms with Crippen LogP contribution in [0.5, 0.6) is 0 Å². The van der Waals surface area contributed by atoms with E-state index < -0.39 is 0 Å². The fourth-order valence-electron chi connectivity index (χ4n) is 7.98. The Kier molecular flexibility index (Phi) is 5.84. The lowest BCUT2D eigenvalue weighted by atomic mass is 9.66. The van der Waals surface area contributed by atoms with Crippen LogP contribution in [0.2, 0.25) is 0 Å². The van der Waals surface area contributed by atoms with Gasteiger partial charge in [-0.15, -0.1) is 22.7 Å². The standard InChI is InChI=1S/C34H26N4S2/c35-17-21(18-36)11-23-13-29-31(39-23)25-16-28-26(15-27(25)33(29)7-3-1-4-8-33)32-30(34(28)9-5-2-6-10-34)14-24(40-32)12-22(19-37)20-38/h11-16H,1-10H2. The summed E-state index contributed by atoms with van der Waals surface area (Å²) in [5, 5.41) is 37.5. The predicted molar refractivity (Wildman–Crippen MR) is 159 cm³/mol. The van der Waals surface area contributed by atoms with Crippen molar-refractivity contribution in [2.75, 3.05) is 0 Å². The quantitative estimate of drug-likeness (QED) is 0.295. The minimum atomic E-state index is -0.0166. The average Bonchev–Trinajstić information content (AvgIpc) is 3.72. The van der Waals surface area contributed by atoms with E-state index in [1.54, 1.807) is 34.8 Å². The molecule has 2 saturated carbocycles. The molecule has 4 nitrogen and oxygen atoms in total. The van der Waals surface area contributed by atoms with Crippen LogP contribution in [-0.4, -0.2) is 0 Å². The first-order valence-corrected chi connectivity index (χ1v) is 15.7. The molecule has 7 rings (SSSR count). The molecule has 194 valence electrons. The summed E-state index contributed by atoms with van der Waals surface area (Å²) in [7, 11) is 0. The Morgan fingerprint density at radius 2 is 0.925 bits per heavy atom. The minimum absolute atomic E-state index is 0.0166. The zero-order valence-corrected chi connectivity index (χ0v) is 23.8. The number of thiophene rings is 2. The van der Waals surface area contributed by atoms with Crippen molar-refractivity contribution in [2.24, 2.45) is 0 Å². The van der Waals surface area contributed by atoms with Gasteiger partial charge in [-0.05, 0) is 95.5 Å². The van der Waals surface area contributed by atoms with Crippen LogP contribution in [-0.2, 0) is 10.8 Å². The number of hydrogen-bond acceptors (Lipinski definition) is 6. The van der Waals surface area contributed by atoms with Gasteiger partial charge in [0.1, 0.15) is 35.4 Å². The molecule has 4 aliphatic rings.